The van der Waals surface area contributed by atoms with Crippen molar-refractivity contribution >= 4 is 17.2 Å². The fraction of sp³-hybridized carbons (Fsp3) is 0.111. The number of hydrogen-bond donors (Lipinski definition) is 2. The van der Waals surface area contributed by atoms with E-state index >= 15 is 0 Å². The molecule has 25 heavy (non-hydrogen) atoms. The van der Waals surface area contributed by atoms with Gasteiger partial charge in [0.15, 0.2) is 5.82 Å². The Kier molecular flexibility index (Phi) is 3.53. The van der Waals surface area contributed by atoms with Gasteiger partial charge in [-0.1, -0.05) is 12.1 Å². The van der Waals surface area contributed by atoms with Gasteiger partial charge in [0.25, 0.3) is 5.91 Å². The van der Waals surface area contributed by atoms with E-state index in [0.29, 0.717) is 11.5 Å². The highest BCUT2D eigenvalue weighted by atomic mass is 16.1. The number of aromatic nitrogens is 5. The largest absolute Gasteiger partial charge is 0.320 e. The summed E-state index contributed by atoms with van der Waals surface area (Å²) < 4.78 is 1.77. The fourth-order valence-corrected chi connectivity index (χ4v) is 2.68. The number of rotatable bonds is 3. The Bertz CT molecular complexity index is 1060. The van der Waals surface area contributed by atoms with Gasteiger partial charge in [0.1, 0.15) is 17.7 Å². The highest BCUT2D eigenvalue weighted by Crippen LogP contribution is 2.23. The summed E-state index contributed by atoms with van der Waals surface area (Å²) >= 11 is 0. The zero-order valence-corrected chi connectivity index (χ0v) is 13.8. The van der Waals surface area contributed by atoms with E-state index in [0.717, 1.165) is 28.0 Å². The Morgan fingerprint density at radius 3 is 2.84 bits per heavy atom. The maximum atomic E-state index is 12.7. The molecule has 7 nitrogen and oxygen atoms in total. The van der Waals surface area contributed by atoms with Crippen LogP contribution in [0.3, 0.4) is 0 Å². The molecule has 1 amide bonds. The lowest BCUT2D eigenvalue weighted by Crippen LogP contribution is -2.15. The summed E-state index contributed by atoms with van der Waals surface area (Å²) in [7, 11) is 0. The number of hydrogen-bond acceptors (Lipinski definition) is 4. The van der Waals surface area contributed by atoms with Crippen LogP contribution in [0.1, 0.15) is 21.6 Å². The molecule has 0 saturated carbocycles. The highest BCUT2D eigenvalue weighted by molar-refractivity contribution is 6.04. The van der Waals surface area contributed by atoms with E-state index in [2.05, 4.69) is 25.5 Å². The monoisotopic (exact) mass is 332 g/mol. The van der Waals surface area contributed by atoms with Crippen LogP contribution in [0.5, 0.6) is 0 Å². The Morgan fingerprint density at radius 2 is 2.04 bits per heavy atom. The molecule has 4 aromatic rings. The number of pyridine rings is 1. The number of imidazole rings is 1. The Balaban J connectivity index is 1.67. The van der Waals surface area contributed by atoms with Crippen molar-refractivity contribution in [2.24, 2.45) is 0 Å². The first-order valence-corrected chi connectivity index (χ1v) is 7.84. The van der Waals surface area contributed by atoms with Crippen molar-refractivity contribution in [1.29, 1.82) is 0 Å². The summed E-state index contributed by atoms with van der Waals surface area (Å²) in [5, 5.41) is 9.72. The van der Waals surface area contributed by atoms with E-state index in [1.54, 1.807) is 10.6 Å². The molecule has 0 aliphatic carbocycles. The van der Waals surface area contributed by atoms with Crippen molar-refractivity contribution in [2.45, 2.75) is 13.8 Å². The number of aryl methyl sites for hydroxylation is 2. The first-order valence-electron chi connectivity index (χ1n) is 7.84. The van der Waals surface area contributed by atoms with Crippen LogP contribution in [0.15, 0.2) is 49.1 Å². The van der Waals surface area contributed by atoms with Crippen LogP contribution in [0.2, 0.25) is 0 Å². The molecular formula is C18H16N6O. The molecule has 3 heterocycles. The van der Waals surface area contributed by atoms with E-state index in [4.69, 9.17) is 0 Å². The Labute approximate surface area is 143 Å². The number of aromatic amines is 1. The molecule has 0 aliphatic rings. The van der Waals surface area contributed by atoms with Crippen molar-refractivity contribution in [1.82, 2.24) is 24.6 Å². The molecule has 0 aliphatic heterocycles. The van der Waals surface area contributed by atoms with Gasteiger partial charge in [-0.15, -0.1) is 0 Å². The third-order valence-corrected chi connectivity index (χ3v) is 4.06. The second kappa shape index (κ2) is 5.86. The lowest BCUT2D eigenvalue weighted by molar-refractivity contribution is 0.102. The van der Waals surface area contributed by atoms with Crippen LogP contribution in [0.4, 0.5) is 5.69 Å². The average molecular weight is 332 g/mol. The first kappa shape index (κ1) is 15.1. The normalized spacial score (nSPS) is 11.0. The minimum atomic E-state index is -0.216. The molecule has 3 aromatic heterocycles. The van der Waals surface area contributed by atoms with Crippen molar-refractivity contribution in [3.05, 3.63) is 65.9 Å². The molecule has 1 aromatic carbocycles. The van der Waals surface area contributed by atoms with Gasteiger partial charge in [0, 0.05) is 17.4 Å². The highest BCUT2D eigenvalue weighted by Gasteiger charge is 2.14. The van der Waals surface area contributed by atoms with E-state index < -0.39 is 0 Å². The summed E-state index contributed by atoms with van der Waals surface area (Å²) in [5.41, 5.74) is 4.83. The Morgan fingerprint density at radius 1 is 1.16 bits per heavy atom. The summed E-state index contributed by atoms with van der Waals surface area (Å²) in [4.78, 5) is 21.2. The van der Waals surface area contributed by atoms with Gasteiger partial charge in [-0.3, -0.25) is 14.3 Å². The van der Waals surface area contributed by atoms with E-state index in [-0.39, 0.29) is 5.91 Å². The molecule has 7 heteroatoms. The number of H-pyrrole nitrogens is 1. The molecule has 0 bridgehead atoms. The fourth-order valence-electron chi connectivity index (χ4n) is 2.68. The van der Waals surface area contributed by atoms with Crippen LogP contribution < -0.4 is 5.32 Å². The number of amides is 1. The maximum absolute atomic E-state index is 12.7. The first-order chi connectivity index (χ1) is 12.1. The number of nitrogens with zero attached hydrogens (tertiary/aromatic N) is 4. The molecule has 2 N–H and O–H groups in total. The minimum absolute atomic E-state index is 0.216. The smallest absolute Gasteiger partial charge is 0.274 e. The van der Waals surface area contributed by atoms with Gasteiger partial charge in [-0.2, -0.15) is 5.10 Å². The van der Waals surface area contributed by atoms with E-state index in [9.17, 15) is 4.79 Å². The number of carbonyl (C=O) groups is 1. The molecular weight excluding hydrogens is 316 g/mol. The number of anilines is 1. The van der Waals surface area contributed by atoms with Crippen LogP contribution in [0.25, 0.3) is 17.0 Å². The van der Waals surface area contributed by atoms with Crippen molar-refractivity contribution in [2.75, 3.05) is 5.32 Å². The minimum Gasteiger partial charge on any atom is -0.320 e. The maximum Gasteiger partial charge on any atom is 0.274 e. The number of nitrogens with one attached hydrogen (secondary N) is 2. The third kappa shape index (κ3) is 2.76. The molecule has 0 spiro atoms. The van der Waals surface area contributed by atoms with Crippen LogP contribution in [-0.4, -0.2) is 30.5 Å². The van der Waals surface area contributed by atoms with E-state index in [1.807, 2.05) is 50.4 Å². The number of fused-ring (bicyclic) bond motifs is 1. The second-order valence-corrected chi connectivity index (χ2v) is 5.88. The van der Waals surface area contributed by atoms with Crippen molar-refractivity contribution in [3.8, 4) is 11.4 Å². The topological polar surface area (TPSA) is 88.0 Å². The second-order valence-electron chi connectivity index (χ2n) is 5.88. The van der Waals surface area contributed by atoms with E-state index in [1.165, 1.54) is 6.33 Å². The van der Waals surface area contributed by atoms with Crippen molar-refractivity contribution in [3.63, 3.8) is 0 Å². The van der Waals surface area contributed by atoms with Gasteiger partial charge < -0.3 is 5.32 Å². The van der Waals surface area contributed by atoms with Crippen LogP contribution in [0, 0.1) is 13.8 Å². The van der Waals surface area contributed by atoms with Gasteiger partial charge in [-0.25, -0.2) is 9.97 Å². The van der Waals surface area contributed by atoms with Crippen LogP contribution in [-0.2, 0) is 0 Å². The van der Waals surface area contributed by atoms with Gasteiger partial charge in [0.05, 0.1) is 6.20 Å². The Hall–Kier alpha value is -3.48. The van der Waals surface area contributed by atoms with Gasteiger partial charge in [0.2, 0.25) is 0 Å². The summed E-state index contributed by atoms with van der Waals surface area (Å²) in [6.45, 7) is 3.93. The molecule has 0 unspecified atom stereocenters. The number of benzene rings is 1. The molecule has 4 rings (SSSR count). The lowest BCUT2D eigenvalue weighted by Gasteiger charge is -2.09. The summed E-state index contributed by atoms with van der Waals surface area (Å²) in [5.74, 6) is 0.368. The predicted octanol–water partition coefficient (Wildman–Crippen LogP) is 2.99. The zero-order valence-electron chi connectivity index (χ0n) is 13.8. The molecule has 0 fully saturated rings. The molecule has 0 saturated heterocycles. The molecule has 0 atom stereocenters. The number of carbonyl (C=O) groups excluding carboxylic acids is 1. The molecule has 124 valence electrons. The summed E-state index contributed by atoms with van der Waals surface area (Å²) in [6.07, 6.45) is 4.95. The summed E-state index contributed by atoms with van der Waals surface area (Å²) in [6, 6.07) is 9.60. The standard InChI is InChI=1S/C18H16N6O/c1-11-5-6-24-15(9-19-16(24)7-11)18(25)22-14-8-13(4-3-12(14)2)17-20-10-21-23-17/h3-10H,1-2H3,(H,22,25)(H,20,21,23). The lowest BCUT2D eigenvalue weighted by atomic mass is 10.1. The van der Waals surface area contributed by atoms with Gasteiger partial charge in [-0.05, 0) is 43.2 Å². The average Bonchev–Trinajstić information content (AvgIpc) is 3.25. The zero-order chi connectivity index (χ0) is 17.4. The third-order valence-electron chi connectivity index (χ3n) is 4.06. The molecule has 0 radical (unpaired) electrons. The SMILES string of the molecule is Cc1ccn2c(C(=O)Nc3cc(-c4nc[nH]n4)ccc3C)cnc2c1. The van der Waals surface area contributed by atoms with Crippen LogP contribution >= 0.6 is 0 Å². The predicted molar refractivity (Wildman–Crippen MR) is 94.4 cm³/mol. The quantitative estimate of drug-likeness (QED) is 0.604. The van der Waals surface area contributed by atoms with Gasteiger partial charge >= 0.3 is 0 Å². The van der Waals surface area contributed by atoms with Crippen molar-refractivity contribution < 1.29 is 4.79 Å².